The molecule has 1 aromatic rings. The molecule has 0 fully saturated rings. The average molecular weight is 365 g/mol. The molecule has 0 spiro atoms. The highest BCUT2D eigenvalue weighted by molar-refractivity contribution is 7.79. The van der Waals surface area contributed by atoms with Crippen LogP contribution >= 0.6 is 12.6 Å². The third-order valence-corrected chi connectivity index (χ3v) is 3.65. The lowest BCUT2D eigenvalue weighted by atomic mass is 10.0. The predicted molar refractivity (Wildman–Crippen MR) is 119 cm³/mol. The lowest BCUT2D eigenvalue weighted by Gasteiger charge is -2.03. The van der Waals surface area contributed by atoms with Crippen molar-refractivity contribution in [3.63, 3.8) is 0 Å². The number of rotatable bonds is 9. The van der Waals surface area contributed by atoms with Gasteiger partial charge in [-0.2, -0.15) is 12.6 Å². The largest absolute Gasteiger partial charge is 0.497 e. The SMILES string of the molecule is CC.COc1ccc(CCC/C=C(\C)CCCC=C(C)C)cc1.CS. The monoisotopic (exact) mass is 364 g/mol. The maximum atomic E-state index is 5.17. The molecule has 0 amide bonds. The van der Waals surface area contributed by atoms with E-state index in [0.717, 1.165) is 12.2 Å². The van der Waals surface area contributed by atoms with E-state index in [-0.39, 0.29) is 0 Å². The van der Waals surface area contributed by atoms with Gasteiger partial charge in [0.1, 0.15) is 5.75 Å². The summed E-state index contributed by atoms with van der Waals surface area (Å²) in [4.78, 5) is 0. The second-order valence-corrected chi connectivity index (χ2v) is 5.96. The first-order chi connectivity index (χ1) is 12.1. The maximum Gasteiger partial charge on any atom is 0.118 e. The van der Waals surface area contributed by atoms with Crippen LogP contribution in [0.1, 0.15) is 72.3 Å². The maximum absolute atomic E-state index is 5.17. The van der Waals surface area contributed by atoms with Crippen molar-refractivity contribution in [1.29, 1.82) is 0 Å². The Labute approximate surface area is 163 Å². The van der Waals surface area contributed by atoms with E-state index < -0.39 is 0 Å². The number of allylic oxidation sites excluding steroid dienone is 4. The van der Waals surface area contributed by atoms with Gasteiger partial charge in [-0.3, -0.25) is 0 Å². The van der Waals surface area contributed by atoms with E-state index >= 15 is 0 Å². The zero-order valence-electron chi connectivity index (χ0n) is 17.6. The summed E-state index contributed by atoms with van der Waals surface area (Å²) in [5.74, 6) is 0.936. The molecule has 1 rings (SSSR count). The van der Waals surface area contributed by atoms with E-state index in [9.17, 15) is 0 Å². The molecule has 0 unspecified atom stereocenters. The molecule has 0 atom stereocenters. The highest BCUT2D eigenvalue weighted by Gasteiger charge is 1.95. The molecule has 0 saturated carbocycles. The van der Waals surface area contributed by atoms with Crippen molar-refractivity contribution in [2.75, 3.05) is 13.4 Å². The number of hydrogen-bond donors (Lipinski definition) is 1. The Morgan fingerprint density at radius 3 is 2.00 bits per heavy atom. The molecular weight excluding hydrogens is 324 g/mol. The molecule has 25 heavy (non-hydrogen) atoms. The number of thiol groups is 1. The highest BCUT2D eigenvalue weighted by atomic mass is 32.1. The van der Waals surface area contributed by atoms with Crippen LogP contribution in [0.15, 0.2) is 47.6 Å². The van der Waals surface area contributed by atoms with E-state index in [0.29, 0.717) is 0 Å². The summed E-state index contributed by atoms with van der Waals surface area (Å²) in [6.07, 6.45) is 13.7. The van der Waals surface area contributed by atoms with E-state index in [1.54, 1.807) is 13.4 Å². The van der Waals surface area contributed by atoms with Crippen LogP contribution in [0.2, 0.25) is 0 Å². The van der Waals surface area contributed by atoms with Crippen molar-refractivity contribution in [1.82, 2.24) is 0 Å². The highest BCUT2D eigenvalue weighted by Crippen LogP contribution is 2.14. The van der Waals surface area contributed by atoms with Gasteiger partial charge in [-0.05, 0) is 83.2 Å². The van der Waals surface area contributed by atoms with Crippen LogP contribution in [0.4, 0.5) is 0 Å². The van der Waals surface area contributed by atoms with Crippen molar-refractivity contribution in [3.8, 4) is 5.75 Å². The van der Waals surface area contributed by atoms with Gasteiger partial charge >= 0.3 is 0 Å². The van der Waals surface area contributed by atoms with Crippen molar-refractivity contribution in [2.24, 2.45) is 0 Å². The second-order valence-electron chi connectivity index (χ2n) is 5.96. The quantitative estimate of drug-likeness (QED) is 0.268. The zero-order valence-corrected chi connectivity index (χ0v) is 18.5. The molecule has 0 aliphatic heterocycles. The lowest BCUT2D eigenvalue weighted by molar-refractivity contribution is 0.414. The van der Waals surface area contributed by atoms with Crippen molar-refractivity contribution in [2.45, 2.75) is 73.1 Å². The summed E-state index contributed by atoms with van der Waals surface area (Å²) >= 11 is 3.53. The minimum atomic E-state index is 0.936. The first-order valence-electron chi connectivity index (χ1n) is 9.48. The van der Waals surface area contributed by atoms with Gasteiger partial charge in [0.15, 0.2) is 0 Å². The topological polar surface area (TPSA) is 9.23 Å². The molecule has 0 aliphatic rings. The number of aryl methyl sites for hydroxylation is 1. The molecule has 0 radical (unpaired) electrons. The summed E-state index contributed by atoms with van der Waals surface area (Å²) in [6, 6.07) is 8.41. The molecular formula is C23H40OS. The van der Waals surface area contributed by atoms with Crippen molar-refractivity contribution < 1.29 is 4.74 Å². The van der Waals surface area contributed by atoms with Crippen LogP contribution in [0.3, 0.4) is 0 Å². The molecule has 0 heterocycles. The number of benzene rings is 1. The fraction of sp³-hybridized carbons (Fsp3) is 0.565. The summed E-state index contributed by atoms with van der Waals surface area (Å²) in [5, 5.41) is 0. The molecule has 144 valence electrons. The third kappa shape index (κ3) is 16.1. The van der Waals surface area contributed by atoms with Crippen molar-refractivity contribution in [3.05, 3.63) is 53.1 Å². The normalized spacial score (nSPS) is 10.0. The van der Waals surface area contributed by atoms with Gasteiger partial charge in [0.05, 0.1) is 7.11 Å². The third-order valence-electron chi connectivity index (χ3n) is 3.65. The lowest BCUT2D eigenvalue weighted by Crippen LogP contribution is -1.87. The van der Waals surface area contributed by atoms with Gasteiger partial charge in [-0.15, -0.1) is 0 Å². The van der Waals surface area contributed by atoms with Crippen molar-refractivity contribution >= 4 is 12.6 Å². The van der Waals surface area contributed by atoms with Gasteiger partial charge in [0, 0.05) is 0 Å². The Morgan fingerprint density at radius 2 is 1.48 bits per heavy atom. The summed E-state index contributed by atoms with van der Waals surface area (Å²) in [6.45, 7) is 10.6. The van der Waals surface area contributed by atoms with Crippen LogP contribution in [0, 0.1) is 0 Å². The Hall–Kier alpha value is -1.15. The smallest absolute Gasteiger partial charge is 0.118 e. The summed E-state index contributed by atoms with van der Waals surface area (Å²) in [7, 11) is 1.71. The minimum Gasteiger partial charge on any atom is -0.497 e. The number of hydrogen-bond acceptors (Lipinski definition) is 2. The Morgan fingerprint density at radius 1 is 0.920 bits per heavy atom. The van der Waals surface area contributed by atoms with Crippen LogP contribution in [-0.4, -0.2) is 13.4 Å². The first kappa shape index (κ1) is 26.1. The Kier molecular flexibility index (Phi) is 20.0. The van der Waals surface area contributed by atoms with Gasteiger partial charge in [0.25, 0.3) is 0 Å². The number of ether oxygens (including phenoxy) is 1. The van der Waals surface area contributed by atoms with Gasteiger partial charge < -0.3 is 4.74 Å². The standard InChI is InChI=1S/C20H30O.C2H6.CH4S/c1-17(2)9-5-6-10-18(3)11-7-8-12-19-13-15-20(21-4)16-14-19;2*1-2/h9,11,13-16H,5-8,10,12H2,1-4H3;1-2H3;2H,1H3/b18-11+;;. The second kappa shape index (κ2) is 19.2. The van der Waals surface area contributed by atoms with Gasteiger partial charge in [-0.25, -0.2) is 0 Å². The van der Waals surface area contributed by atoms with Gasteiger partial charge in [-0.1, -0.05) is 49.3 Å². The van der Waals surface area contributed by atoms with E-state index in [2.05, 4.69) is 57.7 Å². The average Bonchev–Trinajstić information content (AvgIpc) is 2.66. The predicted octanol–water partition coefficient (Wildman–Crippen LogP) is 7.67. The van der Waals surface area contributed by atoms with Crippen LogP contribution in [0.25, 0.3) is 0 Å². The van der Waals surface area contributed by atoms with Gasteiger partial charge in [0.2, 0.25) is 0 Å². The number of unbranched alkanes of at least 4 members (excludes halogenated alkanes) is 2. The fourth-order valence-electron chi connectivity index (χ4n) is 2.32. The summed E-state index contributed by atoms with van der Waals surface area (Å²) in [5.41, 5.74) is 4.36. The Balaban J connectivity index is 0. The zero-order chi connectivity index (χ0) is 19.5. The molecule has 0 N–H and O–H groups in total. The Bertz CT molecular complexity index is 453. The molecule has 2 heteroatoms. The molecule has 0 aromatic heterocycles. The van der Waals surface area contributed by atoms with Crippen LogP contribution in [-0.2, 0) is 6.42 Å². The van der Waals surface area contributed by atoms with E-state index in [4.69, 9.17) is 4.74 Å². The molecule has 1 nitrogen and oxygen atoms in total. The molecule has 1 aromatic carbocycles. The molecule has 0 aliphatic carbocycles. The van der Waals surface area contributed by atoms with E-state index in [1.807, 2.05) is 26.0 Å². The van der Waals surface area contributed by atoms with Crippen LogP contribution < -0.4 is 4.74 Å². The van der Waals surface area contributed by atoms with E-state index in [1.165, 1.54) is 48.8 Å². The summed E-state index contributed by atoms with van der Waals surface area (Å²) < 4.78 is 5.17. The van der Waals surface area contributed by atoms with Crippen LogP contribution in [0.5, 0.6) is 5.75 Å². The molecule has 0 bridgehead atoms. The fourth-order valence-corrected chi connectivity index (χ4v) is 2.32. The molecule has 0 saturated heterocycles. The first-order valence-corrected chi connectivity index (χ1v) is 10.4. The number of methoxy groups -OCH3 is 1. The minimum absolute atomic E-state index is 0.936.